The number of hydrogen-bond acceptors (Lipinski definition) is 6. The predicted molar refractivity (Wildman–Crippen MR) is 94.6 cm³/mol. The summed E-state index contributed by atoms with van der Waals surface area (Å²) in [6.45, 7) is 3.21. The lowest BCUT2D eigenvalue weighted by Crippen LogP contribution is -2.34. The first-order valence-electron chi connectivity index (χ1n) is 8.07. The Kier molecular flexibility index (Phi) is 7.00. The molecule has 2 rings (SSSR count). The van der Waals surface area contributed by atoms with Gasteiger partial charge in [0.1, 0.15) is 0 Å². The standard InChI is InChI=1S/C16H18ClF4N5O/c1-3-26(4-2)14-23-13(22-11-7-5-6-10(17)8-11)24-15(25-14)27-9-16(20,21)12(18)19/h5-8,12H,3-4,9H2,1-2H3,(H,22,23,24,25). The van der Waals surface area contributed by atoms with Crippen LogP contribution in [0.3, 0.4) is 0 Å². The van der Waals surface area contributed by atoms with Crippen molar-refractivity contribution in [2.75, 3.05) is 29.9 Å². The van der Waals surface area contributed by atoms with E-state index in [9.17, 15) is 17.6 Å². The van der Waals surface area contributed by atoms with Gasteiger partial charge in [-0.15, -0.1) is 0 Å². The topological polar surface area (TPSA) is 63.2 Å². The van der Waals surface area contributed by atoms with Crippen molar-refractivity contribution in [1.29, 1.82) is 0 Å². The summed E-state index contributed by atoms with van der Waals surface area (Å²) in [5.74, 6) is -4.15. The fraction of sp³-hybridized carbons (Fsp3) is 0.438. The predicted octanol–water partition coefficient (Wildman–Crippen LogP) is 4.39. The minimum absolute atomic E-state index is 0.00419. The molecule has 0 fully saturated rings. The van der Waals surface area contributed by atoms with Crippen LogP contribution in [-0.4, -0.2) is 47.0 Å². The number of anilines is 3. The summed E-state index contributed by atoms with van der Waals surface area (Å²) in [6.07, 6.45) is -3.86. The smallest absolute Gasteiger partial charge is 0.340 e. The Morgan fingerprint density at radius 3 is 2.48 bits per heavy atom. The Morgan fingerprint density at radius 2 is 1.89 bits per heavy atom. The number of aromatic nitrogens is 3. The molecule has 0 aliphatic heterocycles. The van der Waals surface area contributed by atoms with Crippen molar-refractivity contribution >= 4 is 29.2 Å². The maximum absolute atomic E-state index is 13.1. The molecule has 2 aromatic rings. The molecule has 0 aliphatic carbocycles. The number of nitrogens with one attached hydrogen (secondary N) is 1. The molecule has 6 nitrogen and oxygen atoms in total. The molecule has 0 unspecified atom stereocenters. The van der Waals surface area contributed by atoms with Crippen LogP contribution in [0.5, 0.6) is 6.01 Å². The lowest BCUT2D eigenvalue weighted by molar-refractivity contribution is -0.149. The second-order valence-electron chi connectivity index (χ2n) is 5.40. The molecule has 0 aliphatic rings. The van der Waals surface area contributed by atoms with Gasteiger partial charge < -0.3 is 15.0 Å². The lowest BCUT2D eigenvalue weighted by atomic mass is 10.3. The normalized spacial score (nSPS) is 11.6. The zero-order valence-corrected chi connectivity index (χ0v) is 15.4. The summed E-state index contributed by atoms with van der Waals surface area (Å²) in [5, 5.41) is 3.32. The Bertz CT molecular complexity index is 761. The molecule has 0 saturated heterocycles. The zero-order chi connectivity index (χ0) is 20.0. The molecule has 1 N–H and O–H groups in total. The number of alkyl halides is 4. The van der Waals surface area contributed by atoms with Gasteiger partial charge in [0.25, 0.3) is 0 Å². The number of benzene rings is 1. The van der Waals surface area contributed by atoms with Crippen LogP contribution >= 0.6 is 11.6 Å². The summed E-state index contributed by atoms with van der Waals surface area (Å²) < 4.78 is 55.6. The SMILES string of the molecule is CCN(CC)c1nc(Nc2cccc(Cl)c2)nc(OCC(F)(F)C(F)F)n1. The molecule has 0 spiro atoms. The molecule has 0 bridgehead atoms. The minimum Gasteiger partial charge on any atom is -0.457 e. The highest BCUT2D eigenvalue weighted by Gasteiger charge is 2.42. The van der Waals surface area contributed by atoms with Crippen LogP contribution in [-0.2, 0) is 0 Å². The van der Waals surface area contributed by atoms with Crippen LogP contribution in [0.1, 0.15) is 13.8 Å². The van der Waals surface area contributed by atoms with E-state index in [0.29, 0.717) is 23.8 Å². The fourth-order valence-electron chi connectivity index (χ4n) is 2.03. The van der Waals surface area contributed by atoms with Crippen molar-refractivity contribution in [2.45, 2.75) is 26.2 Å². The van der Waals surface area contributed by atoms with E-state index in [2.05, 4.69) is 20.3 Å². The Hall–Kier alpha value is -2.36. The molecule has 0 amide bonds. The summed E-state index contributed by atoms with van der Waals surface area (Å²) in [7, 11) is 0. The van der Waals surface area contributed by atoms with Crippen LogP contribution in [0, 0.1) is 0 Å². The first-order valence-corrected chi connectivity index (χ1v) is 8.45. The quantitative estimate of drug-likeness (QED) is 0.622. The number of rotatable bonds is 9. The maximum atomic E-state index is 13.1. The number of halogens is 5. The van der Waals surface area contributed by atoms with Gasteiger partial charge in [-0.25, -0.2) is 8.78 Å². The van der Waals surface area contributed by atoms with E-state index in [1.807, 2.05) is 13.8 Å². The second kappa shape index (κ2) is 9.03. The maximum Gasteiger partial charge on any atom is 0.340 e. The molecule has 0 radical (unpaired) electrons. The van der Waals surface area contributed by atoms with Crippen molar-refractivity contribution in [2.24, 2.45) is 0 Å². The zero-order valence-electron chi connectivity index (χ0n) is 14.6. The molecule has 27 heavy (non-hydrogen) atoms. The van der Waals surface area contributed by atoms with Crippen molar-refractivity contribution in [3.05, 3.63) is 29.3 Å². The molecule has 0 saturated carbocycles. The van der Waals surface area contributed by atoms with Gasteiger partial charge in [0.2, 0.25) is 11.9 Å². The third-order valence-electron chi connectivity index (χ3n) is 3.44. The molecule has 148 valence electrons. The van der Waals surface area contributed by atoms with Crippen LogP contribution in [0.4, 0.5) is 35.1 Å². The largest absolute Gasteiger partial charge is 0.457 e. The minimum atomic E-state index is -4.32. The Balaban J connectivity index is 2.30. The summed E-state index contributed by atoms with van der Waals surface area (Å²) in [5.41, 5.74) is 0.544. The molecule has 0 atom stereocenters. The highest BCUT2D eigenvalue weighted by molar-refractivity contribution is 6.30. The van der Waals surface area contributed by atoms with Gasteiger partial charge in [-0.05, 0) is 32.0 Å². The molecule has 1 aromatic heterocycles. The van der Waals surface area contributed by atoms with Gasteiger partial charge in [-0.2, -0.15) is 23.7 Å². The monoisotopic (exact) mass is 407 g/mol. The highest BCUT2D eigenvalue weighted by atomic mass is 35.5. The van der Waals surface area contributed by atoms with E-state index in [-0.39, 0.29) is 11.9 Å². The van der Waals surface area contributed by atoms with E-state index < -0.39 is 25.0 Å². The van der Waals surface area contributed by atoms with E-state index in [1.54, 1.807) is 29.2 Å². The first-order chi connectivity index (χ1) is 12.7. The van der Waals surface area contributed by atoms with E-state index in [1.165, 1.54) is 0 Å². The summed E-state index contributed by atoms with van der Waals surface area (Å²) in [4.78, 5) is 13.7. The molecule has 11 heteroatoms. The summed E-state index contributed by atoms with van der Waals surface area (Å²) in [6, 6.07) is 6.17. The number of hydrogen-bond donors (Lipinski definition) is 1. The van der Waals surface area contributed by atoms with Crippen LogP contribution in [0.25, 0.3) is 0 Å². The Labute approximate surface area is 158 Å². The van der Waals surface area contributed by atoms with Gasteiger partial charge in [0, 0.05) is 23.8 Å². The van der Waals surface area contributed by atoms with E-state index in [0.717, 1.165) is 0 Å². The second-order valence-corrected chi connectivity index (χ2v) is 5.84. The van der Waals surface area contributed by atoms with Crippen molar-refractivity contribution in [1.82, 2.24) is 15.0 Å². The summed E-state index contributed by atoms with van der Waals surface area (Å²) >= 11 is 5.92. The number of nitrogens with zero attached hydrogens (tertiary/aromatic N) is 4. The third kappa shape index (κ3) is 5.81. The average Bonchev–Trinajstić information content (AvgIpc) is 2.61. The average molecular weight is 408 g/mol. The molecule has 1 aromatic carbocycles. The molecular weight excluding hydrogens is 390 g/mol. The fourth-order valence-corrected chi connectivity index (χ4v) is 2.22. The van der Waals surface area contributed by atoms with Gasteiger partial charge in [-0.3, -0.25) is 0 Å². The molecule has 1 heterocycles. The van der Waals surface area contributed by atoms with Crippen molar-refractivity contribution in [3.8, 4) is 6.01 Å². The number of ether oxygens (including phenoxy) is 1. The van der Waals surface area contributed by atoms with Gasteiger partial charge in [0.05, 0.1) is 0 Å². The Morgan fingerprint density at radius 1 is 1.19 bits per heavy atom. The van der Waals surface area contributed by atoms with Gasteiger partial charge in [-0.1, -0.05) is 17.7 Å². The van der Waals surface area contributed by atoms with Crippen molar-refractivity contribution in [3.63, 3.8) is 0 Å². The lowest BCUT2D eigenvalue weighted by Gasteiger charge is -2.20. The van der Waals surface area contributed by atoms with Crippen molar-refractivity contribution < 1.29 is 22.3 Å². The third-order valence-corrected chi connectivity index (χ3v) is 3.68. The van der Waals surface area contributed by atoms with Gasteiger partial charge in [0.15, 0.2) is 6.61 Å². The van der Waals surface area contributed by atoms with Gasteiger partial charge >= 0.3 is 18.4 Å². The van der Waals surface area contributed by atoms with Crippen LogP contribution in [0.15, 0.2) is 24.3 Å². The first kappa shape index (κ1) is 20.9. The highest BCUT2D eigenvalue weighted by Crippen LogP contribution is 2.25. The van der Waals surface area contributed by atoms with E-state index in [4.69, 9.17) is 16.3 Å². The molecular formula is C16H18ClF4N5O. The van der Waals surface area contributed by atoms with Crippen LogP contribution in [0.2, 0.25) is 5.02 Å². The van der Waals surface area contributed by atoms with Crippen LogP contribution < -0.4 is 15.0 Å². The van der Waals surface area contributed by atoms with E-state index >= 15 is 0 Å².